The van der Waals surface area contributed by atoms with E-state index in [2.05, 4.69) is 5.32 Å². The number of hydrogen-bond donors (Lipinski definition) is 1. The number of sulfone groups is 1. The second-order valence-corrected chi connectivity index (χ2v) is 6.46. The maximum Gasteiger partial charge on any atom is 0.151 e. The summed E-state index contributed by atoms with van der Waals surface area (Å²) in [5.41, 5.74) is 0. The maximum absolute atomic E-state index is 11.3. The van der Waals surface area contributed by atoms with Crippen LogP contribution in [0.25, 0.3) is 0 Å². The molecule has 84 valence electrons. The van der Waals surface area contributed by atoms with Crippen LogP contribution in [0, 0.1) is 5.92 Å². The van der Waals surface area contributed by atoms with Crippen molar-refractivity contribution in [1.82, 2.24) is 5.32 Å². The molecule has 0 spiro atoms. The van der Waals surface area contributed by atoms with Crippen LogP contribution in [0.15, 0.2) is 0 Å². The van der Waals surface area contributed by atoms with Gasteiger partial charge in [0.05, 0.1) is 5.75 Å². The third kappa shape index (κ3) is 4.42. The Kier molecular flexibility index (Phi) is 4.89. The third-order valence-corrected chi connectivity index (χ3v) is 4.62. The van der Waals surface area contributed by atoms with Gasteiger partial charge in [0.1, 0.15) is 0 Å². The fourth-order valence-electron chi connectivity index (χ4n) is 1.64. The van der Waals surface area contributed by atoms with E-state index in [1.165, 1.54) is 19.3 Å². The van der Waals surface area contributed by atoms with E-state index in [9.17, 15) is 8.42 Å². The van der Waals surface area contributed by atoms with Crippen LogP contribution in [0.4, 0.5) is 0 Å². The van der Waals surface area contributed by atoms with Crippen LogP contribution in [0.1, 0.15) is 32.6 Å². The molecule has 1 aliphatic carbocycles. The molecule has 0 atom stereocenters. The summed E-state index contributed by atoms with van der Waals surface area (Å²) < 4.78 is 22.6. The van der Waals surface area contributed by atoms with E-state index in [0.29, 0.717) is 18.1 Å². The van der Waals surface area contributed by atoms with Crippen molar-refractivity contribution in [2.45, 2.75) is 32.6 Å². The quantitative estimate of drug-likeness (QED) is 0.654. The summed E-state index contributed by atoms with van der Waals surface area (Å²) in [6.07, 6.45) is 4.70. The minimum atomic E-state index is -2.78. The fourth-order valence-corrected chi connectivity index (χ4v) is 2.93. The lowest BCUT2D eigenvalue weighted by atomic mass is 9.85. The van der Waals surface area contributed by atoms with E-state index in [1.807, 2.05) is 6.92 Å². The number of rotatable bonds is 7. The van der Waals surface area contributed by atoms with E-state index in [-0.39, 0.29) is 0 Å². The minimum absolute atomic E-state index is 0.299. The molecule has 1 saturated carbocycles. The molecule has 0 saturated heterocycles. The van der Waals surface area contributed by atoms with Crippen LogP contribution < -0.4 is 5.32 Å². The molecule has 1 fully saturated rings. The predicted molar refractivity (Wildman–Crippen MR) is 59.2 cm³/mol. The fraction of sp³-hybridized carbons (Fsp3) is 1.00. The highest BCUT2D eigenvalue weighted by Gasteiger charge is 2.16. The Labute approximate surface area is 87.2 Å². The lowest BCUT2D eigenvalue weighted by molar-refractivity contribution is 0.304. The van der Waals surface area contributed by atoms with Gasteiger partial charge in [0.2, 0.25) is 0 Å². The summed E-state index contributed by atoms with van der Waals surface area (Å²) in [5, 5.41) is 3.22. The van der Waals surface area contributed by atoms with Gasteiger partial charge in [-0.3, -0.25) is 0 Å². The molecule has 1 aliphatic rings. The Bertz CT molecular complexity index is 245. The molecular weight excluding hydrogens is 198 g/mol. The smallest absolute Gasteiger partial charge is 0.151 e. The molecule has 14 heavy (non-hydrogen) atoms. The van der Waals surface area contributed by atoms with Crippen molar-refractivity contribution in [2.75, 3.05) is 24.6 Å². The largest absolute Gasteiger partial charge is 0.315 e. The second-order valence-electron chi connectivity index (χ2n) is 4.15. The SMILES string of the molecule is CCCS(=O)(=O)CCNCC1CCC1. The summed E-state index contributed by atoms with van der Waals surface area (Å²) >= 11 is 0. The van der Waals surface area contributed by atoms with E-state index >= 15 is 0 Å². The standard InChI is InChI=1S/C10H21NO2S/c1-2-7-14(12,13)8-6-11-9-10-4-3-5-10/h10-11H,2-9H2,1H3. The highest BCUT2D eigenvalue weighted by Crippen LogP contribution is 2.24. The van der Waals surface area contributed by atoms with Gasteiger partial charge in [-0.15, -0.1) is 0 Å². The summed E-state index contributed by atoms with van der Waals surface area (Å²) in [5.74, 6) is 1.44. The van der Waals surface area contributed by atoms with E-state index in [4.69, 9.17) is 0 Å². The molecule has 0 radical (unpaired) electrons. The van der Waals surface area contributed by atoms with Gasteiger partial charge in [0, 0.05) is 12.3 Å². The molecule has 1 rings (SSSR count). The molecule has 0 aliphatic heterocycles. The van der Waals surface area contributed by atoms with Gasteiger partial charge < -0.3 is 5.32 Å². The van der Waals surface area contributed by atoms with Gasteiger partial charge in [-0.05, 0) is 31.7 Å². The zero-order valence-electron chi connectivity index (χ0n) is 8.96. The molecule has 1 N–H and O–H groups in total. The van der Waals surface area contributed by atoms with Crippen LogP contribution >= 0.6 is 0 Å². The van der Waals surface area contributed by atoms with Crippen molar-refractivity contribution in [2.24, 2.45) is 5.92 Å². The normalized spacial score (nSPS) is 18.1. The van der Waals surface area contributed by atoms with Gasteiger partial charge >= 0.3 is 0 Å². The average molecular weight is 219 g/mol. The summed E-state index contributed by atoms with van der Waals surface area (Å²) in [6.45, 7) is 3.53. The van der Waals surface area contributed by atoms with Crippen LogP contribution in [0.5, 0.6) is 0 Å². The van der Waals surface area contributed by atoms with Gasteiger partial charge in [-0.2, -0.15) is 0 Å². The second kappa shape index (κ2) is 5.71. The molecule has 0 aromatic rings. The minimum Gasteiger partial charge on any atom is -0.315 e. The van der Waals surface area contributed by atoms with Crippen molar-refractivity contribution in [3.05, 3.63) is 0 Å². The Morgan fingerprint density at radius 1 is 1.29 bits per heavy atom. The lowest BCUT2D eigenvalue weighted by Gasteiger charge is -2.25. The van der Waals surface area contributed by atoms with Crippen LogP contribution in [0.3, 0.4) is 0 Å². The topological polar surface area (TPSA) is 46.2 Å². The Hall–Kier alpha value is -0.0900. The van der Waals surface area contributed by atoms with E-state index < -0.39 is 9.84 Å². The van der Waals surface area contributed by atoms with Crippen molar-refractivity contribution in [3.8, 4) is 0 Å². The highest BCUT2D eigenvalue weighted by molar-refractivity contribution is 7.91. The van der Waals surface area contributed by atoms with Gasteiger partial charge in [-0.25, -0.2) is 8.42 Å². The first kappa shape index (κ1) is 12.0. The molecule has 4 heteroatoms. The first-order valence-corrected chi connectivity index (χ1v) is 7.37. The van der Waals surface area contributed by atoms with Crippen LogP contribution in [-0.2, 0) is 9.84 Å². The summed E-state index contributed by atoms with van der Waals surface area (Å²) in [4.78, 5) is 0. The van der Waals surface area contributed by atoms with Crippen LogP contribution in [-0.4, -0.2) is 33.0 Å². The molecule has 0 unspecified atom stereocenters. The zero-order chi connectivity index (χ0) is 10.4. The van der Waals surface area contributed by atoms with Crippen molar-refractivity contribution >= 4 is 9.84 Å². The van der Waals surface area contributed by atoms with Crippen molar-refractivity contribution < 1.29 is 8.42 Å². The van der Waals surface area contributed by atoms with Crippen LogP contribution in [0.2, 0.25) is 0 Å². The molecule has 0 heterocycles. The molecular formula is C10H21NO2S. The Morgan fingerprint density at radius 2 is 2.00 bits per heavy atom. The summed E-state index contributed by atoms with van der Waals surface area (Å²) in [7, 11) is -2.78. The first-order valence-electron chi connectivity index (χ1n) is 5.55. The first-order chi connectivity index (χ1) is 6.64. The lowest BCUT2D eigenvalue weighted by Crippen LogP contribution is -2.31. The number of nitrogens with one attached hydrogen (secondary N) is 1. The highest BCUT2D eigenvalue weighted by atomic mass is 32.2. The maximum atomic E-state index is 11.3. The van der Waals surface area contributed by atoms with E-state index in [1.54, 1.807) is 0 Å². The molecule has 0 bridgehead atoms. The van der Waals surface area contributed by atoms with Crippen molar-refractivity contribution in [3.63, 3.8) is 0 Å². The van der Waals surface area contributed by atoms with Crippen molar-refractivity contribution in [1.29, 1.82) is 0 Å². The molecule has 0 aromatic carbocycles. The third-order valence-electron chi connectivity index (χ3n) is 2.76. The van der Waals surface area contributed by atoms with Gasteiger partial charge in [-0.1, -0.05) is 13.3 Å². The molecule has 0 amide bonds. The monoisotopic (exact) mass is 219 g/mol. The molecule has 3 nitrogen and oxygen atoms in total. The Balaban J connectivity index is 2.02. The predicted octanol–water partition coefficient (Wildman–Crippen LogP) is 1.20. The number of hydrogen-bond acceptors (Lipinski definition) is 3. The average Bonchev–Trinajstić information content (AvgIpc) is 2.00. The van der Waals surface area contributed by atoms with Gasteiger partial charge in [0.25, 0.3) is 0 Å². The Morgan fingerprint density at radius 3 is 2.50 bits per heavy atom. The summed E-state index contributed by atoms with van der Waals surface area (Å²) in [6, 6.07) is 0. The van der Waals surface area contributed by atoms with Gasteiger partial charge in [0.15, 0.2) is 9.84 Å². The zero-order valence-corrected chi connectivity index (χ0v) is 9.78. The molecule has 0 aromatic heterocycles. The van der Waals surface area contributed by atoms with E-state index in [0.717, 1.165) is 18.9 Å².